The van der Waals surface area contributed by atoms with Gasteiger partial charge in [0.25, 0.3) is 11.8 Å². The van der Waals surface area contributed by atoms with Crippen LogP contribution in [0.4, 0.5) is 10.7 Å². The summed E-state index contributed by atoms with van der Waals surface area (Å²) in [5.74, 6) is -1.75. The van der Waals surface area contributed by atoms with Crippen LogP contribution in [0.5, 0.6) is 0 Å². The van der Waals surface area contributed by atoms with E-state index < -0.39 is 28.5 Å². The van der Waals surface area contributed by atoms with E-state index in [0.29, 0.717) is 17.1 Å². The highest BCUT2D eigenvalue weighted by Crippen LogP contribution is 2.35. The molecule has 0 bridgehead atoms. The molecule has 0 spiro atoms. The number of thiophene rings is 1. The number of hydrogen-bond acceptors (Lipinski definition) is 7. The van der Waals surface area contributed by atoms with Crippen molar-refractivity contribution in [2.24, 2.45) is 0 Å². The van der Waals surface area contributed by atoms with Gasteiger partial charge in [-0.1, -0.05) is 36.4 Å². The molecule has 0 radical (unpaired) electrons. The second-order valence-electron chi connectivity index (χ2n) is 7.16. The van der Waals surface area contributed by atoms with E-state index in [1.807, 2.05) is 30.3 Å². The third kappa shape index (κ3) is 6.90. The van der Waals surface area contributed by atoms with Gasteiger partial charge >= 0.3 is 5.97 Å². The smallest absolute Gasteiger partial charge is 0.338 e. The first-order chi connectivity index (χ1) is 16.2. The van der Waals surface area contributed by atoms with E-state index in [2.05, 4.69) is 15.4 Å². The van der Waals surface area contributed by atoms with E-state index in [-0.39, 0.29) is 17.2 Å². The topological polar surface area (TPSA) is 131 Å². The number of hydrogen-bond donors (Lipinski definition) is 3. The Hall–Kier alpha value is -3.70. The average molecular weight is 502 g/mol. The summed E-state index contributed by atoms with van der Waals surface area (Å²) in [7, 11) is -3.51. The predicted molar refractivity (Wildman–Crippen MR) is 132 cm³/mol. The number of anilines is 2. The fourth-order valence-electron chi connectivity index (χ4n) is 2.95. The molecule has 1 heterocycles. The van der Waals surface area contributed by atoms with E-state index in [4.69, 9.17) is 4.74 Å². The van der Waals surface area contributed by atoms with E-state index in [0.717, 1.165) is 16.7 Å². The summed E-state index contributed by atoms with van der Waals surface area (Å²) in [5, 5.41) is 5.69. The summed E-state index contributed by atoms with van der Waals surface area (Å²) in [5.41, 5.74) is 1.48. The van der Waals surface area contributed by atoms with E-state index in [1.165, 1.54) is 35.6 Å². The van der Waals surface area contributed by atoms with Crippen molar-refractivity contribution in [3.8, 4) is 10.4 Å². The molecular formula is C23H23N3O6S2. The van der Waals surface area contributed by atoms with E-state index in [1.54, 1.807) is 13.0 Å². The van der Waals surface area contributed by atoms with Crippen molar-refractivity contribution in [2.75, 3.05) is 29.4 Å². The first-order valence-electron chi connectivity index (χ1n) is 10.2. The number of nitrogens with one attached hydrogen (secondary N) is 3. The van der Waals surface area contributed by atoms with Gasteiger partial charge in [-0.05, 0) is 36.8 Å². The van der Waals surface area contributed by atoms with Crippen LogP contribution in [0, 0.1) is 0 Å². The molecule has 0 unspecified atom stereocenters. The van der Waals surface area contributed by atoms with Gasteiger partial charge in [0.05, 0.1) is 17.4 Å². The van der Waals surface area contributed by atoms with Crippen molar-refractivity contribution >= 4 is 49.8 Å². The first-order valence-corrected chi connectivity index (χ1v) is 12.9. The van der Waals surface area contributed by atoms with Crippen LogP contribution in [-0.4, -0.2) is 45.6 Å². The number of carbonyl (C=O) groups is 3. The maximum atomic E-state index is 12.5. The van der Waals surface area contributed by atoms with Gasteiger partial charge in [0.2, 0.25) is 10.0 Å². The Kier molecular flexibility index (Phi) is 8.03. The molecule has 3 rings (SSSR count). The van der Waals surface area contributed by atoms with Crippen LogP contribution in [0.1, 0.15) is 27.6 Å². The lowest BCUT2D eigenvalue weighted by Crippen LogP contribution is -2.25. The van der Waals surface area contributed by atoms with Crippen molar-refractivity contribution < 1.29 is 27.5 Å². The van der Waals surface area contributed by atoms with Gasteiger partial charge < -0.3 is 15.4 Å². The monoisotopic (exact) mass is 501 g/mol. The Bertz CT molecular complexity index is 1300. The quantitative estimate of drug-likeness (QED) is 0.386. The van der Waals surface area contributed by atoms with Crippen molar-refractivity contribution in [3.63, 3.8) is 0 Å². The molecular weight excluding hydrogens is 478 g/mol. The van der Waals surface area contributed by atoms with Gasteiger partial charge in [0, 0.05) is 17.1 Å². The van der Waals surface area contributed by atoms with Crippen molar-refractivity contribution in [3.05, 3.63) is 71.8 Å². The van der Waals surface area contributed by atoms with Crippen molar-refractivity contribution in [2.45, 2.75) is 6.92 Å². The Labute approximate surface area is 201 Å². The number of carbonyl (C=O) groups excluding carboxylic acids is 3. The van der Waals surface area contributed by atoms with Gasteiger partial charge in [-0.25, -0.2) is 13.2 Å². The zero-order chi connectivity index (χ0) is 24.7. The molecule has 0 atom stereocenters. The molecule has 0 saturated carbocycles. The largest absolute Gasteiger partial charge is 0.452 e. The van der Waals surface area contributed by atoms with Crippen LogP contribution in [0.25, 0.3) is 10.4 Å². The Balaban J connectivity index is 1.69. The van der Waals surface area contributed by atoms with Crippen LogP contribution >= 0.6 is 11.3 Å². The zero-order valence-corrected chi connectivity index (χ0v) is 20.1. The fourth-order valence-corrected chi connectivity index (χ4v) is 4.59. The van der Waals surface area contributed by atoms with Crippen LogP contribution in [0.15, 0.2) is 60.7 Å². The molecule has 3 aromatic rings. The van der Waals surface area contributed by atoms with Gasteiger partial charge in [0.15, 0.2) is 6.61 Å². The normalized spacial score (nSPS) is 10.9. The van der Waals surface area contributed by atoms with E-state index in [9.17, 15) is 22.8 Å². The molecule has 11 heteroatoms. The molecule has 3 N–H and O–H groups in total. The molecule has 0 saturated heterocycles. The lowest BCUT2D eigenvalue weighted by molar-refractivity contribution is -0.119. The number of esters is 1. The van der Waals surface area contributed by atoms with Crippen molar-refractivity contribution in [1.29, 1.82) is 0 Å². The minimum absolute atomic E-state index is 0.0759. The van der Waals surface area contributed by atoms with Crippen LogP contribution in [0.2, 0.25) is 0 Å². The van der Waals surface area contributed by atoms with Crippen molar-refractivity contribution in [1.82, 2.24) is 5.32 Å². The minimum Gasteiger partial charge on any atom is -0.452 e. The van der Waals surface area contributed by atoms with E-state index >= 15 is 0 Å². The number of benzene rings is 2. The molecule has 178 valence electrons. The summed E-state index contributed by atoms with van der Waals surface area (Å²) in [4.78, 5) is 38.1. The van der Waals surface area contributed by atoms with Crippen LogP contribution in [-0.2, 0) is 19.6 Å². The van der Waals surface area contributed by atoms with Crippen LogP contribution in [0.3, 0.4) is 0 Å². The lowest BCUT2D eigenvalue weighted by Gasteiger charge is -2.08. The third-order valence-electron chi connectivity index (χ3n) is 4.36. The maximum Gasteiger partial charge on any atom is 0.338 e. The first kappa shape index (κ1) is 24.9. The third-order valence-corrected chi connectivity index (χ3v) is 6.07. The lowest BCUT2D eigenvalue weighted by atomic mass is 10.1. The number of ether oxygens (including phenoxy) is 1. The number of rotatable bonds is 9. The average Bonchev–Trinajstić information content (AvgIpc) is 3.21. The number of sulfonamides is 1. The summed E-state index contributed by atoms with van der Waals surface area (Å²) >= 11 is 1.23. The SMILES string of the molecule is CCNC(=O)c1cc(-c2ccccc2)sc1NC(=O)COC(=O)c1cccc(NS(C)(=O)=O)c1. The number of amides is 2. The summed E-state index contributed by atoms with van der Waals surface area (Å²) in [6.45, 7) is 1.63. The molecule has 2 aromatic carbocycles. The zero-order valence-electron chi connectivity index (χ0n) is 18.5. The molecule has 1 aromatic heterocycles. The molecule has 0 fully saturated rings. The summed E-state index contributed by atoms with van der Waals surface area (Å²) < 4.78 is 30.1. The molecule has 0 aliphatic carbocycles. The molecule has 0 aliphatic heterocycles. The highest BCUT2D eigenvalue weighted by Gasteiger charge is 2.19. The standard InChI is InChI=1S/C23H23N3O6S2/c1-3-24-21(28)18-13-19(15-8-5-4-6-9-15)33-22(18)25-20(27)14-32-23(29)16-10-7-11-17(12-16)26-34(2,30)31/h4-13,26H,3,14H2,1-2H3,(H,24,28)(H,25,27). The second-order valence-corrected chi connectivity index (χ2v) is 9.96. The second kappa shape index (κ2) is 10.9. The summed E-state index contributed by atoms with van der Waals surface area (Å²) in [6.07, 6.45) is 0.991. The Morgan fingerprint density at radius 3 is 2.41 bits per heavy atom. The fraction of sp³-hybridized carbons (Fsp3) is 0.174. The molecule has 9 nitrogen and oxygen atoms in total. The summed E-state index contributed by atoms with van der Waals surface area (Å²) in [6, 6.07) is 16.8. The van der Waals surface area contributed by atoms with Gasteiger partial charge in [-0.3, -0.25) is 14.3 Å². The molecule has 0 aliphatic rings. The van der Waals surface area contributed by atoms with Gasteiger partial charge in [-0.15, -0.1) is 11.3 Å². The van der Waals surface area contributed by atoms with Gasteiger partial charge in [-0.2, -0.15) is 0 Å². The maximum absolute atomic E-state index is 12.5. The molecule has 34 heavy (non-hydrogen) atoms. The predicted octanol–water partition coefficient (Wildman–Crippen LogP) is 3.33. The minimum atomic E-state index is -3.51. The van der Waals surface area contributed by atoms with Crippen LogP contribution < -0.4 is 15.4 Å². The Morgan fingerprint density at radius 2 is 1.74 bits per heavy atom. The highest BCUT2D eigenvalue weighted by molar-refractivity contribution is 7.92. The Morgan fingerprint density at radius 1 is 1.00 bits per heavy atom. The van der Waals surface area contributed by atoms with Gasteiger partial charge in [0.1, 0.15) is 5.00 Å². The highest BCUT2D eigenvalue weighted by atomic mass is 32.2. The molecule has 2 amide bonds.